The molecule has 0 fully saturated rings. The van der Waals surface area contributed by atoms with Crippen LogP contribution in [0.4, 0.5) is 0 Å². The first-order valence-electron chi connectivity index (χ1n) is 9.44. The lowest BCUT2D eigenvalue weighted by molar-refractivity contribution is 0.0947. The molecule has 0 unspecified atom stereocenters. The van der Waals surface area contributed by atoms with E-state index >= 15 is 0 Å². The SMILES string of the molecule is CCCc1nn(-c2ccccc2C)c(CCC)c1C(=O)NCC(C)C. The van der Waals surface area contributed by atoms with Gasteiger partial charge in [0.05, 0.1) is 22.6 Å². The van der Waals surface area contributed by atoms with Gasteiger partial charge in [-0.15, -0.1) is 0 Å². The van der Waals surface area contributed by atoms with E-state index < -0.39 is 0 Å². The maximum absolute atomic E-state index is 12.9. The van der Waals surface area contributed by atoms with Gasteiger partial charge >= 0.3 is 0 Å². The number of hydrogen-bond donors (Lipinski definition) is 1. The minimum atomic E-state index is 0.0143. The Balaban J connectivity index is 2.55. The van der Waals surface area contributed by atoms with Crippen LogP contribution in [-0.2, 0) is 12.8 Å². The molecule has 0 aliphatic heterocycles. The number of carbonyl (C=O) groups is 1. The van der Waals surface area contributed by atoms with E-state index in [-0.39, 0.29) is 5.91 Å². The van der Waals surface area contributed by atoms with Crippen LogP contribution >= 0.6 is 0 Å². The average Bonchev–Trinajstić information content (AvgIpc) is 2.92. The molecular weight excluding hydrogens is 310 g/mol. The van der Waals surface area contributed by atoms with Gasteiger partial charge in [-0.3, -0.25) is 4.79 Å². The molecule has 0 saturated heterocycles. The molecule has 2 aromatic rings. The third-order valence-electron chi connectivity index (χ3n) is 4.27. The van der Waals surface area contributed by atoms with Crippen molar-refractivity contribution in [3.8, 4) is 5.69 Å². The summed E-state index contributed by atoms with van der Waals surface area (Å²) < 4.78 is 1.99. The van der Waals surface area contributed by atoms with Crippen LogP contribution in [0, 0.1) is 12.8 Å². The van der Waals surface area contributed by atoms with Gasteiger partial charge in [0.15, 0.2) is 0 Å². The summed E-state index contributed by atoms with van der Waals surface area (Å²) >= 11 is 0. The normalized spacial score (nSPS) is 11.1. The topological polar surface area (TPSA) is 46.9 Å². The Bertz CT molecular complexity index is 716. The third kappa shape index (κ3) is 4.50. The second kappa shape index (κ2) is 8.84. The largest absolute Gasteiger partial charge is 0.352 e. The molecule has 1 aromatic carbocycles. The van der Waals surface area contributed by atoms with Crippen LogP contribution < -0.4 is 5.32 Å². The molecule has 1 amide bonds. The number of nitrogens with zero attached hydrogens (tertiary/aromatic N) is 2. The molecule has 0 saturated carbocycles. The van der Waals surface area contributed by atoms with Crippen LogP contribution in [0.2, 0.25) is 0 Å². The maximum atomic E-state index is 12.9. The highest BCUT2D eigenvalue weighted by atomic mass is 16.1. The van der Waals surface area contributed by atoms with Gasteiger partial charge in [0.2, 0.25) is 0 Å². The van der Waals surface area contributed by atoms with Crippen molar-refractivity contribution in [1.82, 2.24) is 15.1 Å². The van der Waals surface area contributed by atoms with Crippen molar-refractivity contribution >= 4 is 5.91 Å². The predicted molar refractivity (Wildman–Crippen MR) is 103 cm³/mol. The van der Waals surface area contributed by atoms with E-state index in [0.717, 1.165) is 48.3 Å². The third-order valence-corrected chi connectivity index (χ3v) is 4.27. The molecule has 4 nitrogen and oxygen atoms in total. The van der Waals surface area contributed by atoms with E-state index in [9.17, 15) is 4.79 Å². The minimum Gasteiger partial charge on any atom is -0.352 e. The predicted octanol–water partition coefficient (Wildman–Crippen LogP) is 4.47. The van der Waals surface area contributed by atoms with Gasteiger partial charge < -0.3 is 5.32 Å². The summed E-state index contributed by atoms with van der Waals surface area (Å²) in [5.74, 6) is 0.444. The van der Waals surface area contributed by atoms with E-state index in [4.69, 9.17) is 5.10 Å². The Morgan fingerprint density at radius 1 is 1.16 bits per heavy atom. The first kappa shape index (κ1) is 19.2. The van der Waals surface area contributed by atoms with Crippen molar-refractivity contribution in [2.45, 2.75) is 60.3 Å². The summed E-state index contributed by atoms with van der Waals surface area (Å²) in [7, 11) is 0. The molecule has 25 heavy (non-hydrogen) atoms. The first-order valence-corrected chi connectivity index (χ1v) is 9.44. The van der Waals surface area contributed by atoms with Gasteiger partial charge in [-0.1, -0.05) is 58.7 Å². The zero-order chi connectivity index (χ0) is 18.4. The van der Waals surface area contributed by atoms with Gasteiger partial charge in [0, 0.05) is 6.54 Å². The van der Waals surface area contributed by atoms with E-state index in [1.807, 2.05) is 16.8 Å². The number of hydrogen-bond acceptors (Lipinski definition) is 2. The summed E-state index contributed by atoms with van der Waals surface area (Å²) in [6.07, 6.45) is 3.61. The number of nitrogens with one attached hydrogen (secondary N) is 1. The Morgan fingerprint density at radius 2 is 1.84 bits per heavy atom. The van der Waals surface area contributed by atoms with Crippen molar-refractivity contribution < 1.29 is 4.79 Å². The fourth-order valence-electron chi connectivity index (χ4n) is 3.03. The zero-order valence-corrected chi connectivity index (χ0v) is 16.2. The van der Waals surface area contributed by atoms with Crippen LogP contribution in [-0.4, -0.2) is 22.2 Å². The number of rotatable bonds is 8. The number of aryl methyl sites for hydroxylation is 2. The molecule has 1 N–H and O–H groups in total. The van der Waals surface area contributed by atoms with Gasteiger partial charge in [0.25, 0.3) is 5.91 Å². The highest BCUT2D eigenvalue weighted by Gasteiger charge is 2.24. The lowest BCUT2D eigenvalue weighted by Crippen LogP contribution is -2.28. The van der Waals surface area contributed by atoms with Gasteiger partial charge in [0.1, 0.15) is 0 Å². The van der Waals surface area contributed by atoms with Crippen LogP contribution in [0.3, 0.4) is 0 Å². The monoisotopic (exact) mass is 341 g/mol. The molecule has 0 aliphatic rings. The summed E-state index contributed by atoms with van der Waals surface area (Å²) in [6, 6.07) is 8.22. The minimum absolute atomic E-state index is 0.0143. The number of benzene rings is 1. The zero-order valence-electron chi connectivity index (χ0n) is 16.2. The van der Waals surface area contributed by atoms with Crippen LogP contribution in [0.1, 0.15) is 67.8 Å². The maximum Gasteiger partial charge on any atom is 0.255 e. The fraction of sp³-hybridized carbons (Fsp3) is 0.524. The Kier molecular flexibility index (Phi) is 6.80. The molecule has 4 heteroatoms. The summed E-state index contributed by atoms with van der Waals surface area (Å²) in [5.41, 5.74) is 4.95. The molecule has 0 bridgehead atoms. The van der Waals surface area contributed by atoms with Gasteiger partial charge in [-0.25, -0.2) is 4.68 Å². The van der Waals surface area contributed by atoms with Crippen molar-refractivity contribution in [1.29, 1.82) is 0 Å². The Morgan fingerprint density at radius 3 is 2.44 bits per heavy atom. The Hall–Kier alpha value is -2.10. The average molecular weight is 341 g/mol. The molecular formula is C21H31N3O. The van der Waals surface area contributed by atoms with Gasteiger partial charge in [-0.05, 0) is 37.3 Å². The molecule has 2 rings (SSSR count). The highest BCUT2D eigenvalue weighted by molar-refractivity contribution is 5.96. The first-order chi connectivity index (χ1) is 12.0. The molecule has 136 valence electrons. The van der Waals surface area contributed by atoms with Crippen molar-refractivity contribution in [2.75, 3.05) is 6.54 Å². The lowest BCUT2D eigenvalue weighted by Gasteiger charge is -2.12. The highest BCUT2D eigenvalue weighted by Crippen LogP contribution is 2.24. The number of aromatic nitrogens is 2. The van der Waals surface area contributed by atoms with Crippen LogP contribution in [0.5, 0.6) is 0 Å². The van der Waals surface area contributed by atoms with Crippen molar-refractivity contribution in [2.24, 2.45) is 5.92 Å². The quantitative estimate of drug-likeness (QED) is 0.770. The van der Waals surface area contributed by atoms with E-state index in [1.54, 1.807) is 0 Å². The standard InChI is InChI=1S/C21H31N3O/c1-6-10-17-20(21(25)22-14-15(3)4)19(11-7-2)24(23-17)18-13-9-8-12-16(18)5/h8-9,12-13,15H,6-7,10-11,14H2,1-5H3,(H,22,25). The second-order valence-corrected chi connectivity index (χ2v) is 7.07. The van der Waals surface area contributed by atoms with Crippen LogP contribution in [0.25, 0.3) is 5.69 Å². The summed E-state index contributed by atoms with van der Waals surface area (Å²) in [4.78, 5) is 12.9. The van der Waals surface area contributed by atoms with E-state index in [1.165, 1.54) is 5.56 Å². The lowest BCUT2D eigenvalue weighted by atomic mass is 10.0. The van der Waals surface area contributed by atoms with Crippen LogP contribution in [0.15, 0.2) is 24.3 Å². The summed E-state index contributed by atoms with van der Waals surface area (Å²) in [5, 5.41) is 7.94. The van der Waals surface area contributed by atoms with E-state index in [2.05, 4.69) is 52.1 Å². The molecule has 1 heterocycles. The number of carbonyl (C=O) groups excluding carboxylic acids is 1. The summed E-state index contributed by atoms with van der Waals surface area (Å²) in [6.45, 7) is 11.3. The second-order valence-electron chi connectivity index (χ2n) is 7.07. The number of amides is 1. The van der Waals surface area contributed by atoms with Gasteiger partial charge in [-0.2, -0.15) is 5.10 Å². The molecule has 0 atom stereocenters. The van der Waals surface area contributed by atoms with Crippen molar-refractivity contribution in [3.05, 3.63) is 46.8 Å². The molecule has 0 aliphatic carbocycles. The molecule has 1 aromatic heterocycles. The fourth-order valence-corrected chi connectivity index (χ4v) is 3.03. The molecule has 0 radical (unpaired) electrons. The number of para-hydroxylation sites is 1. The smallest absolute Gasteiger partial charge is 0.255 e. The van der Waals surface area contributed by atoms with Crippen molar-refractivity contribution in [3.63, 3.8) is 0 Å². The molecule has 0 spiro atoms. The Labute approximate surface area is 151 Å². The van der Waals surface area contributed by atoms with E-state index in [0.29, 0.717) is 12.5 Å².